The van der Waals surface area contributed by atoms with Gasteiger partial charge in [-0.25, -0.2) is 4.98 Å². The van der Waals surface area contributed by atoms with Crippen molar-refractivity contribution in [3.63, 3.8) is 0 Å². The second-order valence-corrected chi connectivity index (χ2v) is 4.66. The van der Waals surface area contributed by atoms with Gasteiger partial charge >= 0.3 is 0 Å². The van der Waals surface area contributed by atoms with Crippen LogP contribution in [-0.2, 0) is 17.9 Å². The summed E-state index contributed by atoms with van der Waals surface area (Å²) in [4.78, 5) is 4.13. The van der Waals surface area contributed by atoms with E-state index >= 15 is 0 Å². The van der Waals surface area contributed by atoms with Crippen LogP contribution in [0, 0.1) is 0 Å². The number of aryl methyl sites for hydroxylation is 1. The fourth-order valence-corrected chi connectivity index (χ4v) is 2.33. The maximum atomic E-state index is 5.72. The lowest BCUT2D eigenvalue weighted by molar-refractivity contribution is 0.104. The molecule has 2 rings (SSSR count). The standard InChI is InChI=1S/C13H23N3O/c1-2-16-11-14-9-13(16)10-17-8-6-12-5-3-4-7-15-12/h9,11-12,15H,2-8,10H2,1H3. The van der Waals surface area contributed by atoms with Crippen LogP contribution in [0.4, 0.5) is 0 Å². The highest BCUT2D eigenvalue weighted by Crippen LogP contribution is 2.10. The van der Waals surface area contributed by atoms with Crippen LogP contribution in [0.2, 0.25) is 0 Å². The zero-order chi connectivity index (χ0) is 11.9. The zero-order valence-electron chi connectivity index (χ0n) is 10.7. The maximum absolute atomic E-state index is 5.72. The van der Waals surface area contributed by atoms with Crippen molar-refractivity contribution in [3.8, 4) is 0 Å². The van der Waals surface area contributed by atoms with Crippen molar-refractivity contribution in [3.05, 3.63) is 18.2 Å². The molecule has 1 aliphatic heterocycles. The molecule has 0 amide bonds. The van der Waals surface area contributed by atoms with Crippen LogP contribution in [0.15, 0.2) is 12.5 Å². The molecule has 1 saturated heterocycles. The molecule has 1 fully saturated rings. The van der Waals surface area contributed by atoms with E-state index in [0.29, 0.717) is 12.6 Å². The van der Waals surface area contributed by atoms with E-state index in [9.17, 15) is 0 Å². The molecule has 2 heterocycles. The van der Waals surface area contributed by atoms with Gasteiger partial charge in [-0.2, -0.15) is 0 Å². The Morgan fingerprint density at radius 3 is 3.24 bits per heavy atom. The van der Waals surface area contributed by atoms with Crippen LogP contribution in [0.5, 0.6) is 0 Å². The first-order valence-corrected chi connectivity index (χ1v) is 6.70. The number of ether oxygens (including phenoxy) is 1. The highest BCUT2D eigenvalue weighted by Gasteiger charge is 2.11. The van der Waals surface area contributed by atoms with Gasteiger partial charge in [-0.15, -0.1) is 0 Å². The van der Waals surface area contributed by atoms with Crippen molar-refractivity contribution >= 4 is 0 Å². The Bertz CT molecular complexity index is 318. The van der Waals surface area contributed by atoms with Gasteiger partial charge in [-0.3, -0.25) is 0 Å². The predicted molar refractivity (Wildman–Crippen MR) is 67.8 cm³/mol. The van der Waals surface area contributed by atoms with Crippen LogP contribution in [0.25, 0.3) is 0 Å². The van der Waals surface area contributed by atoms with E-state index in [1.165, 1.54) is 31.5 Å². The van der Waals surface area contributed by atoms with E-state index in [2.05, 4.69) is 21.8 Å². The third-order valence-corrected chi connectivity index (χ3v) is 3.41. The Kier molecular flexibility index (Phi) is 5.01. The number of imidazole rings is 1. The van der Waals surface area contributed by atoms with Gasteiger partial charge in [0.25, 0.3) is 0 Å². The van der Waals surface area contributed by atoms with E-state index in [1.807, 2.05) is 12.5 Å². The molecule has 1 unspecified atom stereocenters. The molecule has 1 aliphatic rings. The van der Waals surface area contributed by atoms with Gasteiger partial charge in [-0.1, -0.05) is 6.42 Å². The largest absolute Gasteiger partial charge is 0.375 e. The molecule has 0 radical (unpaired) electrons. The van der Waals surface area contributed by atoms with E-state index in [-0.39, 0.29) is 0 Å². The summed E-state index contributed by atoms with van der Waals surface area (Å²) in [5.41, 5.74) is 1.17. The van der Waals surface area contributed by atoms with Gasteiger partial charge in [-0.05, 0) is 32.7 Å². The van der Waals surface area contributed by atoms with Gasteiger partial charge < -0.3 is 14.6 Å². The van der Waals surface area contributed by atoms with Crippen molar-refractivity contribution in [2.75, 3.05) is 13.2 Å². The zero-order valence-corrected chi connectivity index (χ0v) is 10.7. The molecule has 1 aromatic heterocycles. The highest BCUT2D eigenvalue weighted by atomic mass is 16.5. The van der Waals surface area contributed by atoms with Gasteiger partial charge in [0, 0.05) is 19.2 Å². The molecule has 1 atom stereocenters. The Labute approximate surface area is 103 Å². The van der Waals surface area contributed by atoms with E-state index in [4.69, 9.17) is 4.74 Å². The number of rotatable bonds is 6. The van der Waals surface area contributed by atoms with E-state index in [0.717, 1.165) is 19.6 Å². The molecule has 0 aromatic carbocycles. The normalized spacial score (nSPS) is 20.6. The molecule has 4 heteroatoms. The minimum atomic E-state index is 0.667. The average Bonchev–Trinajstić information content (AvgIpc) is 2.83. The van der Waals surface area contributed by atoms with Crippen molar-refractivity contribution in [2.45, 2.75) is 51.8 Å². The van der Waals surface area contributed by atoms with Gasteiger partial charge in [0.15, 0.2) is 0 Å². The topological polar surface area (TPSA) is 39.1 Å². The molecule has 1 aromatic rings. The second-order valence-electron chi connectivity index (χ2n) is 4.66. The van der Waals surface area contributed by atoms with Crippen molar-refractivity contribution in [1.82, 2.24) is 14.9 Å². The Balaban J connectivity index is 1.62. The quantitative estimate of drug-likeness (QED) is 0.769. The lowest BCUT2D eigenvalue weighted by Crippen LogP contribution is -2.34. The minimum Gasteiger partial charge on any atom is -0.375 e. The van der Waals surface area contributed by atoms with Gasteiger partial charge in [0.1, 0.15) is 0 Å². The average molecular weight is 237 g/mol. The first-order valence-electron chi connectivity index (χ1n) is 6.70. The van der Waals surface area contributed by atoms with E-state index < -0.39 is 0 Å². The number of nitrogens with zero attached hydrogens (tertiary/aromatic N) is 2. The number of hydrogen-bond acceptors (Lipinski definition) is 3. The SMILES string of the molecule is CCn1cncc1COCCC1CCCCN1. The number of piperidine rings is 1. The minimum absolute atomic E-state index is 0.667. The summed E-state index contributed by atoms with van der Waals surface area (Å²) in [7, 11) is 0. The molecule has 96 valence electrons. The van der Waals surface area contributed by atoms with Crippen LogP contribution in [0.1, 0.15) is 38.3 Å². The fourth-order valence-electron chi connectivity index (χ4n) is 2.33. The molecular formula is C13H23N3O. The number of hydrogen-bond donors (Lipinski definition) is 1. The Hall–Kier alpha value is -0.870. The summed E-state index contributed by atoms with van der Waals surface area (Å²) >= 11 is 0. The predicted octanol–water partition coefficient (Wildman–Crippen LogP) is 1.95. The van der Waals surface area contributed by atoms with Crippen LogP contribution >= 0.6 is 0 Å². The molecular weight excluding hydrogens is 214 g/mol. The lowest BCUT2D eigenvalue weighted by atomic mass is 10.0. The van der Waals surface area contributed by atoms with Gasteiger partial charge in [0.05, 0.1) is 24.8 Å². The van der Waals surface area contributed by atoms with Crippen LogP contribution < -0.4 is 5.32 Å². The third kappa shape index (κ3) is 3.82. The van der Waals surface area contributed by atoms with Crippen LogP contribution in [0.3, 0.4) is 0 Å². The number of nitrogens with one attached hydrogen (secondary N) is 1. The van der Waals surface area contributed by atoms with E-state index in [1.54, 1.807) is 0 Å². The summed E-state index contributed by atoms with van der Waals surface area (Å²) in [6.45, 7) is 5.78. The Morgan fingerprint density at radius 2 is 2.47 bits per heavy atom. The van der Waals surface area contributed by atoms with Gasteiger partial charge in [0.2, 0.25) is 0 Å². The molecule has 4 nitrogen and oxygen atoms in total. The first kappa shape index (κ1) is 12.6. The summed E-state index contributed by atoms with van der Waals surface area (Å²) in [5.74, 6) is 0. The molecule has 0 aliphatic carbocycles. The van der Waals surface area contributed by atoms with Crippen LogP contribution in [-0.4, -0.2) is 28.7 Å². The number of aromatic nitrogens is 2. The molecule has 1 N–H and O–H groups in total. The maximum Gasteiger partial charge on any atom is 0.0948 e. The molecule has 0 bridgehead atoms. The van der Waals surface area contributed by atoms with Crippen molar-refractivity contribution < 1.29 is 4.74 Å². The highest BCUT2D eigenvalue weighted by molar-refractivity contribution is 4.95. The monoisotopic (exact) mass is 237 g/mol. The second kappa shape index (κ2) is 6.77. The summed E-state index contributed by atoms with van der Waals surface area (Å²) in [5, 5.41) is 3.54. The molecule has 0 saturated carbocycles. The smallest absolute Gasteiger partial charge is 0.0948 e. The summed E-state index contributed by atoms with van der Waals surface area (Å²) in [6, 6.07) is 0.667. The van der Waals surface area contributed by atoms with Crippen molar-refractivity contribution in [2.24, 2.45) is 0 Å². The summed E-state index contributed by atoms with van der Waals surface area (Å²) < 4.78 is 7.85. The molecule has 0 spiro atoms. The first-order chi connectivity index (χ1) is 8.40. The van der Waals surface area contributed by atoms with Crippen molar-refractivity contribution in [1.29, 1.82) is 0 Å². The lowest BCUT2D eigenvalue weighted by Gasteiger charge is -2.23. The molecule has 17 heavy (non-hydrogen) atoms. The third-order valence-electron chi connectivity index (χ3n) is 3.41. The fraction of sp³-hybridized carbons (Fsp3) is 0.769. The summed E-state index contributed by atoms with van der Waals surface area (Å²) in [6.07, 6.45) is 8.87. The Morgan fingerprint density at radius 1 is 1.53 bits per heavy atom.